The highest BCUT2D eigenvalue weighted by Crippen LogP contribution is 2.25. The second kappa shape index (κ2) is 5.44. The molecule has 1 rings (SSSR count). The molecular formula is C14H24N2. The lowest BCUT2D eigenvalue weighted by Gasteiger charge is -2.28. The lowest BCUT2D eigenvalue weighted by atomic mass is 9.82. The summed E-state index contributed by atoms with van der Waals surface area (Å²) >= 11 is 0. The van der Waals surface area contributed by atoms with Gasteiger partial charge in [-0.2, -0.15) is 0 Å². The van der Waals surface area contributed by atoms with E-state index in [1.54, 1.807) is 0 Å². The standard InChI is InChI=1S/C14H24N2/c1-11(14(3,4)5)10-16-12(2)13-8-6-7-9-15-13/h6-9,11-12,16H,10H2,1-5H3. The first kappa shape index (κ1) is 13.2. The fourth-order valence-corrected chi connectivity index (χ4v) is 1.40. The number of hydrogen-bond donors (Lipinski definition) is 1. The van der Waals surface area contributed by atoms with E-state index in [-0.39, 0.29) is 0 Å². The molecule has 0 saturated carbocycles. The van der Waals surface area contributed by atoms with Crippen LogP contribution in [0.25, 0.3) is 0 Å². The number of nitrogens with one attached hydrogen (secondary N) is 1. The molecule has 1 N–H and O–H groups in total. The summed E-state index contributed by atoms with van der Waals surface area (Å²) < 4.78 is 0. The van der Waals surface area contributed by atoms with Gasteiger partial charge in [0.25, 0.3) is 0 Å². The molecule has 1 aromatic rings. The molecule has 0 bridgehead atoms. The summed E-state index contributed by atoms with van der Waals surface area (Å²) in [5.41, 5.74) is 1.47. The summed E-state index contributed by atoms with van der Waals surface area (Å²) in [6, 6.07) is 6.38. The largest absolute Gasteiger partial charge is 0.309 e. The van der Waals surface area contributed by atoms with Crippen molar-refractivity contribution in [3.63, 3.8) is 0 Å². The van der Waals surface area contributed by atoms with Crippen LogP contribution in [-0.4, -0.2) is 11.5 Å². The van der Waals surface area contributed by atoms with Crippen LogP contribution in [0.15, 0.2) is 24.4 Å². The van der Waals surface area contributed by atoms with Gasteiger partial charge < -0.3 is 5.32 Å². The Kier molecular flexibility index (Phi) is 4.48. The first-order valence-corrected chi connectivity index (χ1v) is 6.05. The Morgan fingerprint density at radius 2 is 1.94 bits per heavy atom. The highest BCUT2D eigenvalue weighted by molar-refractivity contribution is 5.07. The van der Waals surface area contributed by atoms with Crippen LogP contribution in [0.1, 0.15) is 46.4 Å². The third-order valence-corrected chi connectivity index (χ3v) is 3.34. The Morgan fingerprint density at radius 3 is 2.44 bits per heavy atom. The maximum absolute atomic E-state index is 4.36. The van der Waals surface area contributed by atoms with Gasteiger partial charge in [0.05, 0.1) is 5.69 Å². The van der Waals surface area contributed by atoms with Crippen molar-refractivity contribution in [1.82, 2.24) is 10.3 Å². The fraction of sp³-hybridized carbons (Fsp3) is 0.643. The van der Waals surface area contributed by atoms with Crippen LogP contribution in [0.2, 0.25) is 0 Å². The summed E-state index contributed by atoms with van der Waals surface area (Å²) in [5.74, 6) is 0.652. The van der Waals surface area contributed by atoms with Crippen LogP contribution in [0, 0.1) is 11.3 Å². The average molecular weight is 220 g/mol. The van der Waals surface area contributed by atoms with E-state index in [0.29, 0.717) is 17.4 Å². The summed E-state index contributed by atoms with van der Waals surface area (Å²) in [6.07, 6.45) is 1.85. The maximum Gasteiger partial charge on any atom is 0.0570 e. The molecule has 0 aliphatic carbocycles. The molecule has 0 fully saturated rings. The van der Waals surface area contributed by atoms with E-state index in [9.17, 15) is 0 Å². The second-order valence-electron chi connectivity index (χ2n) is 5.65. The molecule has 90 valence electrons. The number of pyridine rings is 1. The maximum atomic E-state index is 4.36. The van der Waals surface area contributed by atoms with E-state index in [0.717, 1.165) is 12.2 Å². The van der Waals surface area contributed by atoms with Gasteiger partial charge in [0.15, 0.2) is 0 Å². The SMILES string of the molecule is CC(NCC(C)C(C)(C)C)c1ccccn1. The summed E-state index contributed by atoms with van der Waals surface area (Å²) in [5, 5.41) is 3.54. The molecular weight excluding hydrogens is 196 g/mol. The van der Waals surface area contributed by atoms with E-state index in [4.69, 9.17) is 0 Å². The zero-order valence-electron chi connectivity index (χ0n) is 11.1. The zero-order chi connectivity index (χ0) is 12.2. The van der Waals surface area contributed by atoms with Gasteiger partial charge in [-0.05, 0) is 36.9 Å². The number of aromatic nitrogens is 1. The molecule has 1 aromatic heterocycles. The summed E-state index contributed by atoms with van der Waals surface area (Å²) in [7, 11) is 0. The third kappa shape index (κ3) is 3.93. The van der Waals surface area contributed by atoms with Crippen LogP contribution in [0.4, 0.5) is 0 Å². The van der Waals surface area contributed by atoms with Crippen LogP contribution >= 0.6 is 0 Å². The van der Waals surface area contributed by atoms with Gasteiger partial charge in [-0.3, -0.25) is 4.98 Å². The molecule has 2 atom stereocenters. The number of nitrogens with zero attached hydrogens (tertiary/aromatic N) is 1. The fourth-order valence-electron chi connectivity index (χ4n) is 1.40. The van der Waals surface area contributed by atoms with Gasteiger partial charge in [-0.15, -0.1) is 0 Å². The van der Waals surface area contributed by atoms with E-state index in [1.165, 1.54) is 0 Å². The van der Waals surface area contributed by atoms with Crippen LogP contribution in [0.3, 0.4) is 0 Å². The average Bonchev–Trinajstić information content (AvgIpc) is 2.25. The topological polar surface area (TPSA) is 24.9 Å². The quantitative estimate of drug-likeness (QED) is 0.841. The second-order valence-corrected chi connectivity index (χ2v) is 5.65. The third-order valence-electron chi connectivity index (χ3n) is 3.34. The van der Waals surface area contributed by atoms with Crippen molar-refractivity contribution < 1.29 is 0 Å². The Balaban J connectivity index is 2.45. The molecule has 16 heavy (non-hydrogen) atoms. The smallest absolute Gasteiger partial charge is 0.0570 e. The molecule has 2 nitrogen and oxygen atoms in total. The lowest BCUT2D eigenvalue weighted by Crippen LogP contribution is -2.31. The van der Waals surface area contributed by atoms with Crippen molar-refractivity contribution in [2.24, 2.45) is 11.3 Å². The van der Waals surface area contributed by atoms with Crippen molar-refractivity contribution in [3.05, 3.63) is 30.1 Å². The molecule has 2 unspecified atom stereocenters. The van der Waals surface area contributed by atoms with Gasteiger partial charge in [-0.1, -0.05) is 33.8 Å². The van der Waals surface area contributed by atoms with Gasteiger partial charge >= 0.3 is 0 Å². The first-order valence-electron chi connectivity index (χ1n) is 6.05. The van der Waals surface area contributed by atoms with Crippen LogP contribution in [0.5, 0.6) is 0 Å². The van der Waals surface area contributed by atoms with E-state index >= 15 is 0 Å². The number of hydrogen-bond acceptors (Lipinski definition) is 2. The Bertz CT molecular complexity index is 300. The van der Waals surface area contributed by atoms with Crippen molar-refractivity contribution in [1.29, 1.82) is 0 Å². The minimum atomic E-state index is 0.325. The monoisotopic (exact) mass is 220 g/mol. The van der Waals surface area contributed by atoms with Crippen LogP contribution in [-0.2, 0) is 0 Å². The van der Waals surface area contributed by atoms with Crippen molar-refractivity contribution in [3.8, 4) is 0 Å². The highest BCUT2D eigenvalue weighted by Gasteiger charge is 2.20. The predicted octanol–water partition coefficient (Wildman–Crippen LogP) is 3.41. The molecule has 0 saturated heterocycles. The normalized spacial score (nSPS) is 15.8. The lowest BCUT2D eigenvalue weighted by molar-refractivity contribution is 0.246. The zero-order valence-corrected chi connectivity index (χ0v) is 11.1. The molecule has 0 aromatic carbocycles. The molecule has 0 amide bonds. The van der Waals surface area contributed by atoms with Gasteiger partial charge in [0.1, 0.15) is 0 Å². The van der Waals surface area contributed by atoms with Gasteiger partial charge in [0.2, 0.25) is 0 Å². The van der Waals surface area contributed by atoms with Crippen molar-refractivity contribution >= 4 is 0 Å². The Labute approximate surface area is 99.5 Å². The van der Waals surface area contributed by atoms with E-state index in [2.05, 4.69) is 51.0 Å². The molecule has 0 aliphatic heterocycles. The molecule has 0 aliphatic rings. The predicted molar refractivity (Wildman–Crippen MR) is 69.3 cm³/mol. The first-order chi connectivity index (χ1) is 7.41. The minimum Gasteiger partial charge on any atom is -0.309 e. The van der Waals surface area contributed by atoms with E-state index in [1.807, 2.05) is 18.3 Å². The summed E-state index contributed by atoms with van der Waals surface area (Å²) in [4.78, 5) is 4.36. The molecule has 0 spiro atoms. The van der Waals surface area contributed by atoms with Gasteiger partial charge in [-0.25, -0.2) is 0 Å². The Hall–Kier alpha value is -0.890. The van der Waals surface area contributed by atoms with Crippen molar-refractivity contribution in [2.75, 3.05) is 6.54 Å². The number of rotatable bonds is 4. The van der Waals surface area contributed by atoms with E-state index < -0.39 is 0 Å². The summed E-state index contributed by atoms with van der Waals surface area (Å²) in [6.45, 7) is 12.3. The molecule has 2 heteroatoms. The van der Waals surface area contributed by atoms with Crippen LogP contribution < -0.4 is 5.32 Å². The van der Waals surface area contributed by atoms with Gasteiger partial charge in [0, 0.05) is 12.2 Å². The minimum absolute atomic E-state index is 0.325. The Morgan fingerprint density at radius 1 is 1.25 bits per heavy atom. The van der Waals surface area contributed by atoms with Crippen molar-refractivity contribution in [2.45, 2.75) is 40.7 Å². The highest BCUT2D eigenvalue weighted by atomic mass is 14.9. The molecule has 1 heterocycles. The molecule has 0 radical (unpaired) electrons.